The zero-order chi connectivity index (χ0) is 14.1. The summed E-state index contributed by atoms with van der Waals surface area (Å²) in [5.74, 6) is 0.668. The highest BCUT2D eigenvalue weighted by molar-refractivity contribution is 7.89. The number of ether oxygens (including phenoxy) is 2. The van der Waals surface area contributed by atoms with Gasteiger partial charge in [0.05, 0.1) is 11.5 Å². The van der Waals surface area contributed by atoms with Crippen molar-refractivity contribution in [2.24, 2.45) is 0 Å². The molecule has 0 amide bonds. The van der Waals surface area contributed by atoms with Crippen LogP contribution in [0.1, 0.15) is 19.8 Å². The fourth-order valence-corrected chi connectivity index (χ4v) is 2.62. The van der Waals surface area contributed by atoms with Gasteiger partial charge in [-0.1, -0.05) is 0 Å². The Hall–Kier alpha value is -1.11. The SMILES string of the molecule is CCOc1ccc(S(=O)(=O)NCCCCOC)cc1. The molecule has 19 heavy (non-hydrogen) atoms. The van der Waals surface area contributed by atoms with Crippen LogP contribution in [-0.2, 0) is 14.8 Å². The van der Waals surface area contributed by atoms with Crippen LogP contribution < -0.4 is 9.46 Å². The molecule has 0 bridgehead atoms. The standard InChI is InChI=1S/C13H21NO4S/c1-3-18-12-6-8-13(9-7-12)19(15,16)14-10-4-5-11-17-2/h6-9,14H,3-5,10-11H2,1-2H3. The summed E-state index contributed by atoms with van der Waals surface area (Å²) in [6, 6.07) is 6.40. The lowest BCUT2D eigenvalue weighted by molar-refractivity contribution is 0.193. The molecule has 0 aliphatic heterocycles. The quantitative estimate of drug-likeness (QED) is 0.703. The molecule has 0 spiro atoms. The Morgan fingerprint density at radius 3 is 2.42 bits per heavy atom. The van der Waals surface area contributed by atoms with Crippen LogP contribution in [0.5, 0.6) is 5.75 Å². The largest absolute Gasteiger partial charge is 0.494 e. The Kier molecular flexibility index (Phi) is 6.83. The third-order valence-corrected chi connectivity index (χ3v) is 3.99. The minimum atomic E-state index is -3.43. The maximum atomic E-state index is 12.0. The number of benzene rings is 1. The zero-order valence-corrected chi connectivity index (χ0v) is 12.2. The Bertz CT molecular complexity index is 456. The fraction of sp³-hybridized carbons (Fsp3) is 0.538. The highest BCUT2D eigenvalue weighted by Crippen LogP contribution is 2.15. The highest BCUT2D eigenvalue weighted by Gasteiger charge is 2.12. The molecule has 108 valence electrons. The first-order valence-electron chi connectivity index (χ1n) is 6.31. The van der Waals surface area contributed by atoms with Gasteiger partial charge in [0, 0.05) is 20.3 Å². The van der Waals surface area contributed by atoms with Crippen LogP contribution in [-0.4, -0.2) is 35.3 Å². The fourth-order valence-electron chi connectivity index (χ4n) is 1.54. The van der Waals surface area contributed by atoms with Gasteiger partial charge in [0.15, 0.2) is 0 Å². The molecule has 0 heterocycles. The maximum absolute atomic E-state index is 12.0. The third kappa shape index (κ3) is 5.59. The van der Waals surface area contributed by atoms with E-state index in [4.69, 9.17) is 9.47 Å². The Morgan fingerprint density at radius 2 is 1.84 bits per heavy atom. The van der Waals surface area contributed by atoms with Crippen LogP contribution in [0, 0.1) is 0 Å². The number of rotatable bonds is 9. The Morgan fingerprint density at radius 1 is 1.16 bits per heavy atom. The van der Waals surface area contributed by atoms with E-state index >= 15 is 0 Å². The van der Waals surface area contributed by atoms with Crippen molar-refractivity contribution in [3.05, 3.63) is 24.3 Å². The molecule has 0 aliphatic rings. The molecular formula is C13H21NO4S. The molecule has 5 nitrogen and oxygen atoms in total. The van der Waals surface area contributed by atoms with Crippen molar-refractivity contribution in [3.63, 3.8) is 0 Å². The van der Waals surface area contributed by atoms with Gasteiger partial charge in [-0.2, -0.15) is 0 Å². The number of nitrogens with one attached hydrogen (secondary N) is 1. The number of methoxy groups -OCH3 is 1. The molecule has 0 saturated heterocycles. The van der Waals surface area contributed by atoms with Crippen molar-refractivity contribution in [1.29, 1.82) is 0 Å². The van der Waals surface area contributed by atoms with Gasteiger partial charge in [0.25, 0.3) is 0 Å². The van der Waals surface area contributed by atoms with Gasteiger partial charge in [-0.3, -0.25) is 0 Å². The van der Waals surface area contributed by atoms with Crippen LogP contribution >= 0.6 is 0 Å². The first kappa shape index (κ1) is 15.9. The van der Waals surface area contributed by atoms with Gasteiger partial charge in [0.2, 0.25) is 10.0 Å². The number of sulfonamides is 1. The van der Waals surface area contributed by atoms with E-state index in [2.05, 4.69) is 4.72 Å². The molecule has 0 saturated carbocycles. The lowest BCUT2D eigenvalue weighted by atomic mass is 10.3. The Labute approximate surface area is 115 Å². The van der Waals surface area contributed by atoms with E-state index in [-0.39, 0.29) is 4.90 Å². The predicted octanol–water partition coefficient (Wildman–Crippen LogP) is 1.79. The van der Waals surface area contributed by atoms with Gasteiger partial charge >= 0.3 is 0 Å². The highest BCUT2D eigenvalue weighted by atomic mass is 32.2. The lowest BCUT2D eigenvalue weighted by Gasteiger charge is -2.08. The lowest BCUT2D eigenvalue weighted by Crippen LogP contribution is -2.24. The molecular weight excluding hydrogens is 266 g/mol. The summed E-state index contributed by atoms with van der Waals surface area (Å²) >= 11 is 0. The second-order valence-electron chi connectivity index (χ2n) is 4.00. The summed E-state index contributed by atoms with van der Waals surface area (Å²) in [7, 11) is -1.80. The van der Waals surface area contributed by atoms with E-state index in [0.717, 1.165) is 12.8 Å². The average molecular weight is 287 g/mol. The topological polar surface area (TPSA) is 64.6 Å². The second-order valence-corrected chi connectivity index (χ2v) is 5.77. The molecule has 0 aromatic heterocycles. The number of hydrogen-bond acceptors (Lipinski definition) is 4. The molecule has 1 rings (SSSR count). The molecule has 0 atom stereocenters. The van der Waals surface area contributed by atoms with Crippen molar-refractivity contribution in [2.75, 3.05) is 26.9 Å². The minimum absolute atomic E-state index is 0.252. The van der Waals surface area contributed by atoms with Crippen LogP contribution in [0.25, 0.3) is 0 Å². The number of unbranched alkanes of at least 4 members (excludes halogenated alkanes) is 1. The second kappa shape index (κ2) is 8.14. The molecule has 1 aromatic carbocycles. The van der Waals surface area contributed by atoms with Gasteiger partial charge in [-0.05, 0) is 44.0 Å². The van der Waals surface area contributed by atoms with E-state index in [1.807, 2.05) is 6.92 Å². The maximum Gasteiger partial charge on any atom is 0.240 e. The minimum Gasteiger partial charge on any atom is -0.494 e. The smallest absolute Gasteiger partial charge is 0.240 e. The van der Waals surface area contributed by atoms with Crippen molar-refractivity contribution < 1.29 is 17.9 Å². The zero-order valence-electron chi connectivity index (χ0n) is 11.4. The first-order chi connectivity index (χ1) is 9.10. The van der Waals surface area contributed by atoms with Crippen LogP contribution in [0.3, 0.4) is 0 Å². The van der Waals surface area contributed by atoms with Crippen molar-refractivity contribution in [2.45, 2.75) is 24.7 Å². The summed E-state index contributed by atoms with van der Waals surface area (Å²) in [6.07, 6.45) is 1.59. The van der Waals surface area contributed by atoms with E-state index in [1.165, 1.54) is 0 Å². The van der Waals surface area contributed by atoms with Crippen molar-refractivity contribution >= 4 is 10.0 Å². The normalized spacial score (nSPS) is 11.5. The molecule has 6 heteroatoms. The van der Waals surface area contributed by atoms with Crippen molar-refractivity contribution in [1.82, 2.24) is 4.72 Å². The van der Waals surface area contributed by atoms with Gasteiger partial charge < -0.3 is 9.47 Å². The monoisotopic (exact) mass is 287 g/mol. The van der Waals surface area contributed by atoms with E-state index in [1.54, 1.807) is 31.4 Å². The summed E-state index contributed by atoms with van der Waals surface area (Å²) < 4.78 is 36.6. The molecule has 0 radical (unpaired) electrons. The average Bonchev–Trinajstić information content (AvgIpc) is 2.39. The van der Waals surface area contributed by atoms with Gasteiger partial charge in [0.1, 0.15) is 5.75 Å². The molecule has 0 aliphatic carbocycles. The molecule has 0 fully saturated rings. The summed E-state index contributed by atoms with van der Waals surface area (Å²) in [5, 5.41) is 0. The Balaban J connectivity index is 2.52. The predicted molar refractivity (Wildman–Crippen MR) is 73.9 cm³/mol. The van der Waals surface area contributed by atoms with Crippen LogP contribution in [0.4, 0.5) is 0 Å². The third-order valence-electron chi connectivity index (χ3n) is 2.51. The van der Waals surface area contributed by atoms with Crippen molar-refractivity contribution in [3.8, 4) is 5.75 Å². The van der Waals surface area contributed by atoms with E-state index in [9.17, 15) is 8.42 Å². The molecule has 0 unspecified atom stereocenters. The van der Waals surface area contributed by atoms with Crippen LogP contribution in [0.15, 0.2) is 29.2 Å². The molecule has 1 N–H and O–H groups in total. The van der Waals surface area contributed by atoms with E-state index in [0.29, 0.717) is 25.5 Å². The first-order valence-corrected chi connectivity index (χ1v) is 7.80. The summed E-state index contributed by atoms with van der Waals surface area (Å²) in [4.78, 5) is 0.252. The van der Waals surface area contributed by atoms with Gasteiger partial charge in [-0.15, -0.1) is 0 Å². The van der Waals surface area contributed by atoms with Gasteiger partial charge in [-0.25, -0.2) is 13.1 Å². The number of hydrogen-bond donors (Lipinski definition) is 1. The summed E-state index contributed by atoms with van der Waals surface area (Å²) in [6.45, 7) is 3.50. The van der Waals surface area contributed by atoms with E-state index < -0.39 is 10.0 Å². The molecule has 1 aromatic rings. The van der Waals surface area contributed by atoms with Crippen LogP contribution in [0.2, 0.25) is 0 Å². The summed E-state index contributed by atoms with van der Waals surface area (Å²) in [5.41, 5.74) is 0.